The van der Waals surface area contributed by atoms with Crippen molar-refractivity contribution >= 4 is 23.0 Å². The minimum absolute atomic E-state index is 0.0197. The lowest BCUT2D eigenvalue weighted by Gasteiger charge is -2.22. The first-order valence-electron chi connectivity index (χ1n) is 9.03. The van der Waals surface area contributed by atoms with E-state index in [1.807, 2.05) is 53.8 Å². The molecule has 1 aliphatic heterocycles. The highest BCUT2D eigenvalue weighted by Crippen LogP contribution is 2.28. The minimum Gasteiger partial charge on any atom is -0.423 e. The van der Waals surface area contributed by atoms with Crippen LogP contribution in [0.15, 0.2) is 34.7 Å². The molecule has 2 aromatic heterocycles. The number of hydrogen-bond donors (Lipinski definition) is 1. The van der Waals surface area contributed by atoms with Gasteiger partial charge in [-0.25, -0.2) is 0 Å². The Hall–Kier alpha value is -2.83. The number of carbonyl (C=O) groups is 1. The number of anilines is 1. The molecule has 3 heterocycles. The molecule has 0 saturated carbocycles. The monoisotopic (exact) mass is 353 g/mol. The van der Waals surface area contributed by atoms with Crippen molar-refractivity contribution in [2.45, 2.75) is 39.3 Å². The summed E-state index contributed by atoms with van der Waals surface area (Å²) in [5.41, 5.74) is 3.66. The SMILES string of the molecule is Cc1cc(C)n(CCNC(=O)C2CCCN2c2nc3ccccc3o2)n1. The number of nitrogens with one attached hydrogen (secondary N) is 1. The molecule has 0 radical (unpaired) electrons. The Morgan fingerprint density at radius 2 is 2.19 bits per heavy atom. The standard InChI is InChI=1S/C19H23N5O2/c1-13-12-14(2)24(22-13)11-9-20-18(25)16-7-5-10-23(16)19-21-15-6-3-4-8-17(15)26-19/h3-4,6,8,12,16H,5,7,9-11H2,1-2H3,(H,20,25). The summed E-state index contributed by atoms with van der Waals surface area (Å²) < 4.78 is 7.76. The molecule has 7 nitrogen and oxygen atoms in total. The molecule has 1 amide bonds. The molecular formula is C19H23N5O2. The van der Waals surface area contributed by atoms with Crippen LogP contribution in [0.1, 0.15) is 24.2 Å². The van der Waals surface area contributed by atoms with Crippen LogP contribution in [0.25, 0.3) is 11.1 Å². The third-order valence-corrected chi connectivity index (χ3v) is 4.81. The molecule has 7 heteroatoms. The van der Waals surface area contributed by atoms with E-state index < -0.39 is 0 Å². The molecule has 0 aliphatic carbocycles. The largest absolute Gasteiger partial charge is 0.423 e. The van der Waals surface area contributed by atoms with Crippen LogP contribution in [-0.2, 0) is 11.3 Å². The van der Waals surface area contributed by atoms with E-state index in [4.69, 9.17) is 4.42 Å². The first-order chi connectivity index (χ1) is 12.6. The van der Waals surface area contributed by atoms with Crippen molar-refractivity contribution in [3.05, 3.63) is 41.7 Å². The zero-order valence-corrected chi connectivity index (χ0v) is 15.1. The van der Waals surface area contributed by atoms with Gasteiger partial charge in [0.2, 0.25) is 5.91 Å². The van der Waals surface area contributed by atoms with Crippen molar-refractivity contribution < 1.29 is 9.21 Å². The second-order valence-corrected chi connectivity index (χ2v) is 6.76. The van der Waals surface area contributed by atoms with Crippen LogP contribution in [0, 0.1) is 13.8 Å². The van der Waals surface area contributed by atoms with Crippen molar-refractivity contribution in [2.24, 2.45) is 0 Å². The van der Waals surface area contributed by atoms with Crippen LogP contribution in [0.4, 0.5) is 6.01 Å². The first-order valence-corrected chi connectivity index (χ1v) is 9.03. The van der Waals surface area contributed by atoms with E-state index in [-0.39, 0.29) is 11.9 Å². The normalized spacial score (nSPS) is 17.2. The molecule has 1 aromatic carbocycles. The van der Waals surface area contributed by atoms with Gasteiger partial charge in [-0.2, -0.15) is 10.1 Å². The molecule has 4 rings (SSSR count). The van der Waals surface area contributed by atoms with E-state index in [2.05, 4.69) is 15.4 Å². The Kier molecular flexibility index (Phi) is 4.36. The number of amides is 1. The summed E-state index contributed by atoms with van der Waals surface area (Å²) in [6, 6.07) is 10.00. The fourth-order valence-corrected chi connectivity index (χ4v) is 3.56. The highest BCUT2D eigenvalue weighted by molar-refractivity contribution is 5.85. The average molecular weight is 353 g/mol. The van der Waals surface area contributed by atoms with Gasteiger partial charge in [-0.3, -0.25) is 9.48 Å². The zero-order chi connectivity index (χ0) is 18.1. The number of nitrogens with zero attached hydrogens (tertiary/aromatic N) is 4. The Balaban J connectivity index is 1.41. The maximum atomic E-state index is 12.7. The molecule has 3 aromatic rings. The molecule has 1 saturated heterocycles. The van der Waals surface area contributed by atoms with Gasteiger partial charge in [0.15, 0.2) is 5.58 Å². The summed E-state index contributed by atoms with van der Waals surface area (Å²) in [6.45, 7) is 5.99. The number of fused-ring (bicyclic) bond motifs is 1. The fraction of sp³-hybridized carbons (Fsp3) is 0.421. The topological polar surface area (TPSA) is 76.2 Å². The number of carbonyl (C=O) groups excluding carboxylic acids is 1. The summed E-state index contributed by atoms with van der Waals surface area (Å²) in [7, 11) is 0. The van der Waals surface area contributed by atoms with Gasteiger partial charge in [-0.1, -0.05) is 12.1 Å². The number of rotatable bonds is 5. The van der Waals surface area contributed by atoms with Gasteiger partial charge in [0, 0.05) is 18.8 Å². The Morgan fingerprint density at radius 3 is 2.96 bits per heavy atom. The van der Waals surface area contributed by atoms with Crippen molar-refractivity contribution in [1.82, 2.24) is 20.1 Å². The van der Waals surface area contributed by atoms with Crippen molar-refractivity contribution in [2.75, 3.05) is 18.0 Å². The number of aromatic nitrogens is 3. The number of oxazole rings is 1. The van der Waals surface area contributed by atoms with Crippen LogP contribution in [0.2, 0.25) is 0 Å². The van der Waals surface area contributed by atoms with Gasteiger partial charge < -0.3 is 14.6 Å². The highest BCUT2D eigenvalue weighted by atomic mass is 16.4. The Morgan fingerprint density at radius 1 is 1.35 bits per heavy atom. The second kappa shape index (κ2) is 6.82. The third kappa shape index (κ3) is 3.16. The Bertz CT molecular complexity index is 896. The quantitative estimate of drug-likeness (QED) is 0.762. The summed E-state index contributed by atoms with van der Waals surface area (Å²) in [5.74, 6) is 0.0197. The van der Waals surface area contributed by atoms with E-state index in [0.29, 0.717) is 19.1 Å². The number of aryl methyl sites for hydroxylation is 2. The lowest BCUT2D eigenvalue weighted by Crippen LogP contribution is -2.44. The number of hydrogen-bond acceptors (Lipinski definition) is 5. The fourth-order valence-electron chi connectivity index (χ4n) is 3.56. The van der Waals surface area contributed by atoms with Crippen molar-refractivity contribution in [1.29, 1.82) is 0 Å². The molecule has 0 bridgehead atoms. The molecule has 26 heavy (non-hydrogen) atoms. The van der Waals surface area contributed by atoms with Crippen LogP contribution in [-0.4, -0.2) is 39.8 Å². The predicted molar refractivity (Wildman–Crippen MR) is 99.1 cm³/mol. The highest BCUT2D eigenvalue weighted by Gasteiger charge is 2.33. The maximum Gasteiger partial charge on any atom is 0.299 e. The van der Waals surface area contributed by atoms with E-state index in [0.717, 1.165) is 41.9 Å². The second-order valence-electron chi connectivity index (χ2n) is 6.76. The zero-order valence-electron chi connectivity index (χ0n) is 15.1. The van der Waals surface area contributed by atoms with E-state index in [1.54, 1.807) is 0 Å². The molecule has 136 valence electrons. The van der Waals surface area contributed by atoms with Gasteiger partial charge in [-0.15, -0.1) is 0 Å². The number of para-hydroxylation sites is 2. The molecule has 1 unspecified atom stereocenters. The molecule has 1 N–H and O–H groups in total. The summed E-state index contributed by atoms with van der Waals surface area (Å²) >= 11 is 0. The molecule has 0 spiro atoms. The molecule has 1 aliphatic rings. The van der Waals surface area contributed by atoms with Gasteiger partial charge in [-0.05, 0) is 44.9 Å². The van der Waals surface area contributed by atoms with Crippen LogP contribution < -0.4 is 10.2 Å². The lowest BCUT2D eigenvalue weighted by atomic mass is 10.2. The summed E-state index contributed by atoms with van der Waals surface area (Å²) in [4.78, 5) is 19.2. The smallest absolute Gasteiger partial charge is 0.299 e. The van der Waals surface area contributed by atoms with E-state index >= 15 is 0 Å². The van der Waals surface area contributed by atoms with Crippen LogP contribution in [0.3, 0.4) is 0 Å². The Labute approximate surface area is 152 Å². The van der Waals surface area contributed by atoms with E-state index in [9.17, 15) is 4.79 Å². The van der Waals surface area contributed by atoms with Crippen LogP contribution >= 0.6 is 0 Å². The molecular weight excluding hydrogens is 330 g/mol. The lowest BCUT2D eigenvalue weighted by molar-refractivity contribution is -0.122. The number of benzene rings is 1. The minimum atomic E-state index is -0.233. The van der Waals surface area contributed by atoms with Crippen LogP contribution in [0.5, 0.6) is 0 Å². The summed E-state index contributed by atoms with van der Waals surface area (Å²) in [5, 5.41) is 7.45. The van der Waals surface area contributed by atoms with Gasteiger partial charge in [0.25, 0.3) is 6.01 Å². The van der Waals surface area contributed by atoms with Crippen molar-refractivity contribution in [3.63, 3.8) is 0 Å². The van der Waals surface area contributed by atoms with Gasteiger partial charge >= 0.3 is 0 Å². The van der Waals surface area contributed by atoms with Crippen molar-refractivity contribution in [3.8, 4) is 0 Å². The maximum absolute atomic E-state index is 12.7. The average Bonchev–Trinajstić information content (AvgIpc) is 3.32. The van der Waals surface area contributed by atoms with Gasteiger partial charge in [0.05, 0.1) is 12.2 Å². The molecule has 1 fully saturated rings. The third-order valence-electron chi connectivity index (χ3n) is 4.81. The van der Waals surface area contributed by atoms with Gasteiger partial charge in [0.1, 0.15) is 11.6 Å². The summed E-state index contributed by atoms with van der Waals surface area (Å²) in [6.07, 6.45) is 1.76. The van der Waals surface area contributed by atoms with E-state index in [1.165, 1.54) is 0 Å². The predicted octanol–water partition coefficient (Wildman–Crippen LogP) is 2.43. The first kappa shape index (κ1) is 16.6. The molecule has 1 atom stereocenters.